The smallest absolute Gasteiger partial charge is 0.310 e. The number of benzene rings is 1. The molecule has 9 nitrogen and oxygen atoms in total. The Bertz CT molecular complexity index is 930. The Balaban J connectivity index is 2.35. The first kappa shape index (κ1) is 35.7. The molecule has 41 heavy (non-hydrogen) atoms. The Morgan fingerprint density at radius 3 is 1.56 bits per heavy atom. The van der Waals surface area contributed by atoms with Crippen LogP contribution < -0.4 is 4.74 Å². The Morgan fingerprint density at radius 2 is 1.07 bits per heavy atom. The first-order valence-corrected chi connectivity index (χ1v) is 14.6. The largest absolute Gasteiger partial charge is 0.490 e. The summed E-state index contributed by atoms with van der Waals surface area (Å²) < 4.78 is 26.0. The van der Waals surface area contributed by atoms with Crippen molar-refractivity contribution in [2.75, 3.05) is 13.2 Å². The third kappa shape index (κ3) is 20.2. The van der Waals surface area contributed by atoms with Gasteiger partial charge in [0.05, 0.1) is 12.5 Å². The van der Waals surface area contributed by atoms with Crippen molar-refractivity contribution in [2.24, 2.45) is 0 Å². The van der Waals surface area contributed by atoms with Crippen LogP contribution in [0.3, 0.4) is 0 Å². The van der Waals surface area contributed by atoms with Gasteiger partial charge < -0.3 is 23.7 Å². The molecule has 10 heteroatoms. The molecule has 0 heterocycles. The summed E-state index contributed by atoms with van der Waals surface area (Å²) in [5.74, 6) is -0.798. The summed E-state index contributed by atoms with van der Waals surface area (Å²) in [4.78, 5) is 47.3. The van der Waals surface area contributed by atoms with Crippen molar-refractivity contribution in [3.05, 3.63) is 55.0 Å². The lowest BCUT2D eigenvalue weighted by Crippen LogP contribution is -2.31. The molecule has 0 N–H and O–H groups in total. The van der Waals surface area contributed by atoms with Crippen LogP contribution in [0.2, 0.25) is 5.02 Å². The lowest BCUT2D eigenvalue weighted by molar-refractivity contribution is -0.161. The average molecular weight is 595 g/mol. The number of esters is 4. The van der Waals surface area contributed by atoms with Gasteiger partial charge in [0.15, 0.2) is 6.10 Å². The van der Waals surface area contributed by atoms with Crippen LogP contribution in [0, 0.1) is 0 Å². The zero-order valence-corrected chi connectivity index (χ0v) is 24.6. The lowest BCUT2D eigenvalue weighted by Gasteiger charge is -2.19. The number of carbonyl (C=O) groups is 4. The van der Waals surface area contributed by atoms with E-state index in [1.165, 1.54) is 0 Å². The second kappa shape index (κ2) is 23.4. The topological polar surface area (TPSA) is 114 Å². The molecule has 0 aliphatic rings. The minimum atomic E-state index is -0.756. The summed E-state index contributed by atoms with van der Waals surface area (Å²) in [6, 6.07) is 6.78. The average Bonchev–Trinajstić information content (AvgIpc) is 2.94. The Labute approximate surface area is 248 Å². The van der Waals surface area contributed by atoms with E-state index < -0.39 is 12.1 Å². The quantitative estimate of drug-likeness (QED) is 0.0539. The van der Waals surface area contributed by atoms with Crippen molar-refractivity contribution >= 4 is 35.5 Å². The number of ether oxygens (including phenoxy) is 5. The molecule has 1 unspecified atom stereocenters. The molecule has 0 fully saturated rings. The molecule has 1 aromatic rings. The minimum absolute atomic E-state index is 0.0236. The van der Waals surface area contributed by atoms with Crippen molar-refractivity contribution < 1.29 is 42.9 Å². The van der Waals surface area contributed by atoms with Gasteiger partial charge in [-0.05, 0) is 49.9 Å². The number of hydrogen-bond donors (Lipinski definition) is 0. The molecule has 0 radical (unpaired) electrons. The monoisotopic (exact) mass is 594 g/mol. The van der Waals surface area contributed by atoms with Gasteiger partial charge in [-0.25, -0.2) is 0 Å². The summed E-state index contributed by atoms with van der Waals surface area (Å²) in [5.41, 5.74) is 0. The van der Waals surface area contributed by atoms with E-state index in [-0.39, 0.29) is 44.0 Å². The normalized spacial score (nSPS) is 11.1. The van der Waals surface area contributed by atoms with Crippen LogP contribution >= 0.6 is 11.6 Å². The van der Waals surface area contributed by atoms with E-state index in [9.17, 15) is 19.2 Å². The SMILES string of the molecule is C=COC(=O)CCCCCCCC(=O)OCC(COc1ccc(Cl)cc1)OC(=O)CCCCCCCC(=O)OC=C. The van der Waals surface area contributed by atoms with Crippen molar-refractivity contribution in [1.82, 2.24) is 0 Å². The van der Waals surface area contributed by atoms with Crippen LogP contribution in [0.1, 0.15) is 89.9 Å². The molecule has 1 atom stereocenters. The molecule has 1 aromatic carbocycles. The number of unbranched alkanes of at least 4 members (excludes halogenated alkanes) is 8. The third-order valence-corrected chi connectivity index (χ3v) is 6.18. The fourth-order valence-corrected chi connectivity index (χ4v) is 3.91. The predicted molar refractivity (Wildman–Crippen MR) is 155 cm³/mol. The predicted octanol–water partition coefficient (Wildman–Crippen LogP) is 7.01. The highest BCUT2D eigenvalue weighted by Crippen LogP contribution is 2.17. The fraction of sp³-hybridized carbons (Fsp3) is 0.548. The first-order valence-electron chi connectivity index (χ1n) is 14.2. The highest BCUT2D eigenvalue weighted by atomic mass is 35.5. The molecule has 0 saturated carbocycles. The van der Waals surface area contributed by atoms with E-state index in [1.54, 1.807) is 24.3 Å². The fourth-order valence-electron chi connectivity index (χ4n) is 3.78. The minimum Gasteiger partial charge on any atom is -0.490 e. The van der Waals surface area contributed by atoms with Crippen molar-refractivity contribution in [2.45, 2.75) is 96.0 Å². The molecular weight excluding hydrogens is 552 g/mol. The van der Waals surface area contributed by atoms with Crippen molar-refractivity contribution in [3.8, 4) is 5.75 Å². The van der Waals surface area contributed by atoms with Gasteiger partial charge in [-0.1, -0.05) is 63.3 Å². The molecule has 0 aromatic heterocycles. The van der Waals surface area contributed by atoms with Gasteiger partial charge in [-0.2, -0.15) is 0 Å². The number of halogens is 1. The molecule has 0 bridgehead atoms. The van der Waals surface area contributed by atoms with Gasteiger partial charge in [0.2, 0.25) is 0 Å². The number of hydrogen-bond acceptors (Lipinski definition) is 9. The Morgan fingerprint density at radius 1 is 0.634 bits per heavy atom. The van der Waals surface area contributed by atoms with E-state index in [4.69, 9.17) is 25.8 Å². The maximum atomic E-state index is 12.4. The van der Waals surface area contributed by atoms with E-state index >= 15 is 0 Å². The Kier molecular flexibility index (Phi) is 20.4. The van der Waals surface area contributed by atoms with Gasteiger partial charge >= 0.3 is 23.9 Å². The van der Waals surface area contributed by atoms with Crippen molar-refractivity contribution in [3.63, 3.8) is 0 Å². The molecule has 0 amide bonds. The number of carbonyl (C=O) groups excluding carboxylic acids is 4. The summed E-state index contributed by atoms with van der Waals surface area (Å²) in [5, 5.41) is 0.571. The van der Waals surface area contributed by atoms with E-state index in [0.29, 0.717) is 36.5 Å². The lowest BCUT2D eigenvalue weighted by atomic mass is 10.1. The summed E-state index contributed by atoms with van der Waals surface area (Å²) in [7, 11) is 0. The van der Waals surface area contributed by atoms with E-state index in [1.807, 2.05) is 0 Å². The van der Waals surface area contributed by atoms with Crippen LogP contribution in [0.4, 0.5) is 0 Å². The van der Waals surface area contributed by atoms with Crippen LogP contribution in [0.25, 0.3) is 0 Å². The standard InChI is InChI=1S/C31H43ClO9/c1-3-37-28(33)15-11-7-5-9-13-17-30(35)40-24-27(23-39-26-21-19-25(32)20-22-26)41-31(36)18-14-10-6-8-12-16-29(34)38-4-2/h3-4,19-22,27H,1-2,5-18,23-24H2. The third-order valence-electron chi connectivity index (χ3n) is 5.93. The molecule has 0 saturated heterocycles. The second-order valence-electron chi connectivity index (χ2n) is 9.41. The van der Waals surface area contributed by atoms with Crippen LogP contribution in [0.15, 0.2) is 49.9 Å². The van der Waals surface area contributed by atoms with Crippen LogP contribution in [0.5, 0.6) is 5.75 Å². The zero-order valence-electron chi connectivity index (χ0n) is 23.8. The molecule has 1 rings (SSSR count). The van der Waals surface area contributed by atoms with Gasteiger partial charge in [0, 0.05) is 30.7 Å². The van der Waals surface area contributed by atoms with E-state index in [0.717, 1.165) is 63.9 Å². The highest BCUT2D eigenvalue weighted by molar-refractivity contribution is 6.30. The number of rotatable bonds is 24. The van der Waals surface area contributed by atoms with E-state index in [2.05, 4.69) is 22.6 Å². The van der Waals surface area contributed by atoms with Gasteiger partial charge in [0.1, 0.15) is 19.0 Å². The second-order valence-corrected chi connectivity index (χ2v) is 9.84. The molecule has 0 aliphatic carbocycles. The summed E-state index contributed by atoms with van der Waals surface area (Å²) in [6.45, 7) is 6.62. The van der Waals surface area contributed by atoms with Gasteiger partial charge in [-0.15, -0.1) is 0 Å². The maximum absolute atomic E-state index is 12.4. The van der Waals surface area contributed by atoms with Crippen LogP contribution in [-0.4, -0.2) is 43.2 Å². The summed E-state index contributed by atoms with van der Waals surface area (Å²) >= 11 is 5.92. The molecule has 0 spiro atoms. The first-order chi connectivity index (χ1) is 19.8. The highest BCUT2D eigenvalue weighted by Gasteiger charge is 2.18. The molecule has 0 aliphatic heterocycles. The maximum Gasteiger partial charge on any atom is 0.310 e. The molecule has 228 valence electrons. The Hall–Kier alpha value is -3.33. The summed E-state index contributed by atoms with van der Waals surface area (Å²) in [6.07, 6.45) is 10.6. The molecular formula is C31H43ClO9. The zero-order chi connectivity index (χ0) is 30.1. The van der Waals surface area contributed by atoms with Gasteiger partial charge in [0.25, 0.3) is 0 Å². The van der Waals surface area contributed by atoms with Crippen LogP contribution in [-0.2, 0) is 38.1 Å². The van der Waals surface area contributed by atoms with Crippen molar-refractivity contribution in [1.29, 1.82) is 0 Å². The van der Waals surface area contributed by atoms with Gasteiger partial charge in [-0.3, -0.25) is 19.2 Å².